The molecule has 2 aromatic heterocycles. The van der Waals surface area contributed by atoms with Gasteiger partial charge in [0, 0.05) is 5.56 Å². The van der Waals surface area contributed by atoms with Gasteiger partial charge in [-0.2, -0.15) is 22.8 Å². The number of halogens is 3. The van der Waals surface area contributed by atoms with Gasteiger partial charge in [-0.25, -0.2) is 0 Å². The normalized spacial score (nSPS) is 12.2. The molecule has 0 amide bonds. The molecule has 0 spiro atoms. The van der Waals surface area contributed by atoms with Crippen LogP contribution in [0.1, 0.15) is 5.82 Å². The van der Waals surface area contributed by atoms with E-state index in [0.29, 0.717) is 10.1 Å². The van der Waals surface area contributed by atoms with Gasteiger partial charge in [0.25, 0.3) is 5.82 Å². The first-order chi connectivity index (χ1) is 9.36. The Bertz CT molecular complexity index is 795. The molecule has 10 heteroatoms. The molecule has 0 aliphatic heterocycles. The van der Waals surface area contributed by atoms with Crippen molar-refractivity contribution in [2.24, 2.45) is 0 Å². The molecule has 0 unspecified atom stereocenters. The Morgan fingerprint density at radius 1 is 1.10 bits per heavy atom. The minimum Gasteiger partial charge on any atom is -0.504 e. The van der Waals surface area contributed by atoms with E-state index in [1.54, 1.807) is 0 Å². The van der Waals surface area contributed by atoms with E-state index >= 15 is 0 Å². The van der Waals surface area contributed by atoms with E-state index < -0.39 is 12.0 Å². The second-order valence-corrected chi connectivity index (χ2v) is 4.78. The highest BCUT2D eigenvalue weighted by atomic mass is 32.1. The molecule has 0 aliphatic carbocycles. The van der Waals surface area contributed by atoms with Crippen LogP contribution in [-0.2, 0) is 6.18 Å². The molecule has 104 valence electrons. The van der Waals surface area contributed by atoms with Crippen LogP contribution in [0, 0.1) is 0 Å². The standard InChI is InChI=1S/C10H5F3N4O2S/c11-10(12,13)8-14-15-9-17(8)16-7(20-9)4-1-2-5(18)6(19)3-4/h1-3,18-19H. The minimum absolute atomic E-state index is 0.0140. The van der Waals surface area contributed by atoms with E-state index in [-0.39, 0.29) is 21.5 Å². The summed E-state index contributed by atoms with van der Waals surface area (Å²) >= 11 is 0.887. The predicted molar refractivity (Wildman–Crippen MR) is 62.4 cm³/mol. The number of aromatic nitrogens is 4. The van der Waals surface area contributed by atoms with Crippen LogP contribution in [0.3, 0.4) is 0 Å². The van der Waals surface area contributed by atoms with Crippen molar-refractivity contribution >= 4 is 16.3 Å². The first kappa shape index (κ1) is 12.7. The monoisotopic (exact) mass is 302 g/mol. The van der Waals surface area contributed by atoms with Crippen LogP contribution < -0.4 is 0 Å². The Morgan fingerprint density at radius 3 is 2.50 bits per heavy atom. The molecule has 0 saturated heterocycles. The average molecular weight is 302 g/mol. The maximum atomic E-state index is 12.6. The van der Waals surface area contributed by atoms with Gasteiger partial charge in [-0.15, -0.1) is 10.2 Å². The summed E-state index contributed by atoms with van der Waals surface area (Å²) < 4.78 is 38.5. The zero-order valence-corrected chi connectivity index (χ0v) is 10.3. The summed E-state index contributed by atoms with van der Waals surface area (Å²) in [5, 5.41) is 29.0. The molecule has 0 bridgehead atoms. The Hall–Kier alpha value is -2.36. The molecule has 0 fully saturated rings. The molecule has 3 rings (SSSR count). The van der Waals surface area contributed by atoms with E-state index in [4.69, 9.17) is 0 Å². The molecule has 2 N–H and O–H groups in total. The fourth-order valence-electron chi connectivity index (χ4n) is 1.57. The van der Waals surface area contributed by atoms with Crippen molar-refractivity contribution < 1.29 is 23.4 Å². The SMILES string of the molecule is Oc1ccc(-c2nn3c(C(F)(F)F)nnc3s2)cc1O. The summed E-state index contributed by atoms with van der Waals surface area (Å²) in [5.41, 5.74) is 0.365. The van der Waals surface area contributed by atoms with Gasteiger partial charge in [0.15, 0.2) is 11.5 Å². The highest BCUT2D eigenvalue weighted by Gasteiger charge is 2.38. The fraction of sp³-hybridized carbons (Fsp3) is 0.100. The first-order valence-corrected chi connectivity index (χ1v) is 5.99. The zero-order chi connectivity index (χ0) is 14.5. The van der Waals surface area contributed by atoms with Gasteiger partial charge >= 0.3 is 6.18 Å². The maximum absolute atomic E-state index is 12.6. The quantitative estimate of drug-likeness (QED) is 0.674. The van der Waals surface area contributed by atoms with Crippen molar-refractivity contribution in [1.82, 2.24) is 19.8 Å². The summed E-state index contributed by atoms with van der Waals surface area (Å²) in [6, 6.07) is 3.85. The van der Waals surface area contributed by atoms with Gasteiger partial charge in [-0.1, -0.05) is 11.3 Å². The third kappa shape index (κ3) is 1.93. The Labute approximate surface area is 112 Å². The van der Waals surface area contributed by atoms with Crippen molar-refractivity contribution in [2.75, 3.05) is 0 Å². The lowest BCUT2D eigenvalue weighted by Gasteiger charge is -2.01. The lowest BCUT2D eigenvalue weighted by atomic mass is 10.2. The third-order valence-corrected chi connectivity index (χ3v) is 3.41. The molecule has 3 aromatic rings. The van der Waals surface area contributed by atoms with Crippen molar-refractivity contribution in [3.63, 3.8) is 0 Å². The van der Waals surface area contributed by atoms with Gasteiger partial charge < -0.3 is 10.2 Å². The van der Waals surface area contributed by atoms with E-state index in [9.17, 15) is 23.4 Å². The van der Waals surface area contributed by atoms with Gasteiger partial charge in [-0.05, 0) is 18.2 Å². The topological polar surface area (TPSA) is 83.5 Å². The largest absolute Gasteiger partial charge is 0.504 e. The van der Waals surface area contributed by atoms with E-state index in [1.165, 1.54) is 18.2 Å². The average Bonchev–Trinajstić information content (AvgIpc) is 2.90. The molecule has 0 aliphatic rings. The van der Waals surface area contributed by atoms with Crippen molar-refractivity contribution in [3.8, 4) is 22.1 Å². The lowest BCUT2D eigenvalue weighted by molar-refractivity contribution is -0.146. The third-order valence-electron chi connectivity index (χ3n) is 2.47. The van der Waals surface area contributed by atoms with Crippen LogP contribution in [-0.4, -0.2) is 30.0 Å². The summed E-state index contributed by atoms with van der Waals surface area (Å²) in [6.45, 7) is 0. The summed E-state index contributed by atoms with van der Waals surface area (Å²) in [5.74, 6) is -1.92. The number of alkyl halides is 3. The zero-order valence-electron chi connectivity index (χ0n) is 9.46. The van der Waals surface area contributed by atoms with Crippen LogP contribution in [0.4, 0.5) is 13.2 Å². The lowest BCUT2D eigenvalue weighted by Crippen LogP contribution is -2.11. The van der Waals surface area contributed by atoms with Crippen LogP contribution in [0.15, 0.2) is 18.2 Å². The molecule has 20 heavy (non-hydrogen) atoms. The number of phenolic OH excluding ortho intramolecular Hbond substituents is 2. The minimum atomic E-state index is -4.65. The Morgan fingerprint density at radius 2 is 1.85 bits per heavy atom. The summed E-state index contributed by atoms with van der Waals surface area (Å²) in [4.78, 5) is -0.0140. The number of fused-ring (bicyclic) bond motifs is 1. The number of hydrogen-bond acceptors (Lipinski definition) is 6. The Kier molecular flexibility index (Phi) is 2.57. The van der Waals surface area contributed by atoms with Crippen molar-refractivity contribution in [1.29, 1.82) is 0 Å². The smallest absolute Gasteiger partial charge is 0.453 e. The van der Waals surface area contributed by atoms with Crippen LogP contribution >= 0.6 is 11.3 Å². The molecule has 6 nitrogen and oxygen atoms in total. The van der Waals surface area contributed by atoms with E-state index in [0.717, 1.165) is 11.3 Å². The Balaban J connectivity index is 2.14. The molecule has 0 saturated carbocycles. The van der Waals surface area contributed by atoms with Gasteiger partial charge in [0.05, 0.1) is 0 Å². The predicted octanol–water partition coefficient (Wildman–Crippen LogP) is 2.28. The van der Waals surface area contributed by atoms with Gasteiger partial charge in [0.2, 0.25) is 4.96 Å². The number of phenols is 2. The van der Waals surface area contributed by atoms with Crippen LogP contribution in [0.2, 0.25) is 0 Å². The molecule has 2 heterocycles. The molecule has 0 atom stereocenters. The maximum Gasteiger partial charge on any atom is 0.453 e. The highest BCUT2D eigenvalue weighted by molar-refractivity contribution is 7.19. The fourth-order valence-corrected chi connectivity index (χ4v) is 2.40. The number of rotatable bonds is 1. The molecule has 0 radical (unpaired) electrons. The summed E-state index contributed by atoms with van der Waals surface area (Å²) in [7, 11) is 0. The second-order valence-electron chi connectivity index (χ2n) is 3.83. The van der Waals surface area contributed by atoms with Crippen LogP contribution in [0.25, 0.3) is 15.5 Å². The van der Waals surface area contributed by atoms with Crippen molar-refractivity contribution in [2.45, 2.75) is 6.18 Å². The molecular formula is C10H5F3N4O2S. The highest BCUT2D eigenvalue weighted by Crippen LogP contribution is 2.34. The van der Waals surface area contributed by atoms with Gasteiger partial charge in [0.1, 0.15) is 5.01 Å². The number of benzene rings is 1. The van der Waals surface area contributed by atoms with Crippen molar-refractivity contribution in [3.05, 3.63) is 24.0 Å². The number of aromatic hydroxyl groups is 2. The van der Waals surface area contributed by atoms with Crippen LogP contribution in [0.5, 0.6) is 11.5 Å². The number of nitrogens with zero attached hydrogens (tertiary/aromatic N) is 4. The van der Waals surface area contributed by atoms with Gasteiger partial charge in [-0.3, -0.25) is 0 Å². The molecule has 1 aromatic carbocycles. The summed E-state index contributed by atoms with van der Waals surface area (Å²) in [6.07, 6.45) is -4.65. The second kappa shape index (κ2) is 4.07. The first-order valence-electron chi connectivity index (χ1n) is 5.18. The molecular weight excluding hydrogens is 297 g/mol. The van der Waals surface area contributed by atoms with E-state index in [1.807, 2.05) is 0 Å². The van der Waals surface area contributed by atoms with E-state index in [2.05, 4.69) is 15.3 Å². The number of hydrogen-bond donors (Lipinski definition) is 2.